The SMILES string of the molecule is CC(=O)CCN1CCNC1=O. The van der Waals surface area contributed by atoms with Crippen molar-refractivity contribution in [3.63, 3.8) is 0 Å². The first-order valence-corrected chi connectivity index (χ1v) is 3.72. The molecule has 0 aromatic rings. The van der Waals surface area contributed by atoms with E-state index in [1.54, 1.807) is 4.90 Å². The van der Waals surface area contributed by atoms with Crippen LogP contribution >= 0.6 is 0 Å². The molecular weight excluding hydrogens is 144 g/mol. The number of carbonyl (C=O) groups excluding carboxylic acids is 2. The molecule has 62 valence electrons. The fourth-order valence-corrected chi connectivity index (χ4v) is 1.02. The second kappa shape index (κ2) is 3.37. The van der Waals surface area contributed by atoms with E-state index in [0.29, 0.717) is 19.5 Å². The van der Waals surface area contributed by atoms with Crippen molar-refractivity contribution in [3.8, 4) is 0 Å². The highest BCUT2D eigenvalue weighted by Gasteiger charge is 2.18. The molecule has 0 radical (unpaired) electrons. The highest BCUT2D eigenvalue weighted by Crippen LogP contribution is 1.97. The molecule has 1 aliphatic heterocycles. The van der Waals surface area contributed by atoms with Gasteiger partial charge in [-0.05, 0) is 6.92 Å². The van der Waals surface area contributed by atoms with E-state index >= 15 is 0 Å². The van der Waals surface area contributed by atoms with Crippen molar-refractivity contribution in [3.05, 3.63) is 0 Å². The van der Waals surface area contributed by atoms with Gasteiger partial charge in [0.25, 0.3) is 0 Å². The zero-order valence-electron chi connectivity index (χ0n) is 6.59. The number of amides is 2. The van der Waals surface area contributed by atoms with Gasteiger partial charge in [0.05, 0.1) is 0 Å². The summed E-state index contributed by atoms with van der Waals surface area (Å²) in [7, 11) is 0. The summed E-state index contributed by atoms with van der Waals surface area (Å²) in [6.07, 6.45) is 0.466. The van der Waals surface area contributed by atoms with Crippen LogP contribution in [0, 0.1) is 0 Å². The Balaban J connectivity index is 2.26. The Kier molecular flexibility index (Phi) is 2.46. The van der Waals surface area contributed by atoms with Crippen LogP contribution in [0.5, 0.6) is 0 Å². The van der Waals surface area contributed by atoms with Gasteiger partial charge in [0.15, 0.2) is 0 Å². The van der Waals surface area contributed by atoms with Gasteiger partial charge in [0, 0.05) is 26.1 Å². The van der Waals surface area contributed by atoms with Gasteiger partial charge in [-0.2, -0.15) is 0 Å². The third-order valence-corrected chi connectivity index (χ3v) is 1.68. The van der Waals surface area contributed by atoms with Gasteiger partial charge in [0.1, 0.15) is 5.78 Å². The predicted molar refractivity (Wildman–Crippen MR) is 40.3 cm³/mol. The van der Waals surface area contributed by atoms with Crippen molar-refractivity contribution < 1.29 is 9.59 Å². The first-order valence-electron chi connectivity index (χ1n) is 3.72. The summed E-state index contributed by atoms with van der Waals surface area (Å²) in [4.78, 5) is 23.1. The molecule has 2 amide bonds. The average molecular weight is 156 g/mol. The second-order valence-corrected chi connectivity index (χ2v) is 2.67. The molecular formula is C7H12N2O2. The predicted octanol–water partition coefficient (Wildman–Crippen LogP) is -0.00930. The lowest BCUT2D eigenvalue weighted by atomic mass is 10.3. The Bertz CT molecular complexity index is 179. The highest BCUT2D eigenvalue weighted by atomic mass is 16.2. The molecule has 0 unspecified atom stereocenters. The van der Waals surface area contributed by atoms with E-state index < -0.39 is 0 Å². The zero-order valence-corrected chi connectivity index (χ0v) is 6.59. The minimum atomic E-state index is -0.0498. The van der Waals surface area contributed by atoms with Gasteiger partial charge in [-0.15, -0.1) is 0 Å². The summed E-state index contributed by atoms with van der Waals surface area (Å²) >= 11 is 0. The Labute approximate surface area is 65.6 Å². The van der Waals surface area contributed by atoms with Crippen LogP contribution in [0.3, 0.4) is 0 Å². The summed E-state index contributed by atoms with van der Waals surface area (Å²) in [5.74, 6) is 0.129. The largest absolute Gasteiger partial charge is 0.336 e. The molecule has 1 heterocycles. The number of rotatable bonds is 3. The summed E-state index contributed by atoms with van der Waals surface area (Å²) in [5.41, 5.74) is 0. The van der Waals surface area contributed by atoms with E-state index in [9.17, 15) is 9.59 Å². The molecule has 1 saturated heterocycles. The average Bonchev–Trinajstić information content (AvgIpc) is 2.31. The Morgan fingerprint density at radius 1 is 1.73 bits per heavy atom. The number of urea groups is 1. The van der Waals surface area contributed by atoms with E-state index in [1.807, 2.05) is 0 Å². The fourth-order valence-electron chi connectivity index (χ4n) is 1.02. The lowest BCUT2D eigenvalue weighted by Gasteiger charge is -2.11. The van der Waals surface area contributed by atoms with E-state index in [-0.39, 0.29) is 11.8 Å². The number of nitrogens with one attached hydrogen (secondary N) is 1. The van der Waals surface area contributed by atoms with Gasteiger partial charge in [-0.3, -0.25) is 4.79 Å². The standard InChI is InChI=1S/C7H12N2O2/c1-6(10)2-4-9-5-3-8-7(9)11/h2-5H2,1H3,(H,8,11). The summed E-state index contributed by atoms with van der Waals surface area (Å²) < 4.78 is 0. The molecule has 4 nitrogen and oxygen atoms in total. The van der Waals surface area contributed by atoms with Gasteiger partial charge in [-0.1, -0.05) is 0 Å². The van der Waals surface area contributed by atoms with Crippen molar-refractivity contribution >= 4 is 11.8 Å². The molecule has 0 aliphatic carbocycles. The molecule has 0 aromatic heterocycles. The maximum Gasteiger partial charge on any atom is 0.317 e. The number of Topliss-reactive ketones (excluding diaryl/α,β-unsaturated/α-hetero) is 1. The third-order valence-electron chi connectivity index (χ3n) is 1.68. The maximum atomic E-state index is 10.9. The highest BCUT2D eigenvalue weighted by molar-refractivity contribution is 5.78. The maximum absolute atomic E-state index is 10.9. The normalized spacial score (nSPS) is 16.8. The Hall–Kier alpha value is -1.06. The van der Waals surface area contributed by atoms with Crippen LogP contribution in [0.2, 0.25) is 0 Å². The quantitative estimate of drug-likeness (QED) is 0.624. The number of hydrogen-bond donors (Lipinski definition) is 1. The Morgan fingerprint density at radius 2 is 2.45 bits per heavy atom. The lowest BCUT2D eigenvalue weighted by molar-refractivity contribution is -0.117. The molecule has 4 heteroatoms. The molecule has 0 atom stereocenters. The van der Waals surface area contributed by atoms with E-state index in [1.165, 1.54) is 6.92 Å². The van der Waals surface area contributed by atoms with Crippen molar-refractivity contribution in [1.82, 2.24) is 10.2 Å². The smallest absolute Gasteiger partial charge is 0.317 e. The number of hydrogen-bond acceptors (Lipinski definition) is 2. The Morgan fingerprint density at radius 3 is 2.91 bits per heavy atom. The van der Waals surface area contributed by atoms with Crippen LogP contribution in [0.15, 0.2) is 0 Å². The minimum absolute atomic E-state index is 0.0498. The van der Waals surface area contributed by atoms with Crippen LogP contribution in [-0.4, -0.2) is 36.3 Å². The van der Waals surface area contributed by atoms with Crippen LogP contribution < -0.4 is 5.32 Å². The number of nitrogens with zero attached hydrogens (tertiary/aromatic N) is 1. The molecule has 0 spiro atoms. The van der Waals surface area contributed by atoms with Crippen molar-refractivity contribution in [1.29, 1.82) is 0 Å². The number of carbonyl (C=O) groups is 2. The topological polar surface area (TPSA) is 49.4 Å². The van der Waals surface area contributed by atoms with Gasteiger partial charge < -0.3 is 10.2 Å². The van der Waals surface area contributed by atoms with Gasteiger partial charge >= 0.3 is 6.03 Å². The van der Waals surface area contributed by atoms with Gasteiger partial charge in [-0.25, -0.2) is 4.79 Å². The van der Waals surface area contributed by atoms with Crippen LogP contribution in [-0.2, 0) is 4.79 Å². The van der Waals surface area contributed by atoms with Crippen LogP contribution in [0.1, 0.15) is 13.3 Å². The molecule has 1 N–H and O–H groups in total. The molecule has 11 heavy (non-hydrogen) atoms. The monoisotopic (exact) mass is 156 g/mol. The summed E-state index contributed by atoms with van der Waals surface area (Å²) in [6, 6.07) is -0.0498. The van der Waals surface area contributed by atoms with Gasteiger partial charge in [0.2, 0.25) is 0 Å². The first-order chi connectivity index (χ1) is 5.20. The van der Waals surface area contributed by atoms with Crippen LogP contribution in [0.25, 0.3) is 0 Å². The first kappa shape index (κ1) is 8.04. The van der Waals surface area contributed by atoms with Crippen molar-refractivity contribution in [2.75, 3.05) is 19.6 Å². The second-order valence-electron chi connectivity index (χ2n) is 2.67. The zero-order chi connectivity index (χ0) is 8.27. The summed E-state index contributed by atoms with van der Waals surface area (Å²) in [5, 5.41) is 2.67. The third kappa shape index (κ3) is 2.22. The molecule has 0 saturated carbocycles. The molecule has 1 fully saturated rings. The van der Waals surface area contributed by atoms with E-state index in [2.05, 4.69) is 5.32 Å². The minimum Gasteiger partial charge on any atom is -0.336 e. The fraction of sp³-hybridized carbons (Fsp3) is 0.714. The molecule has 0 aromatic carbocycles. The molecule has 1 rings (SSSR count). The lowest BCUT2D eigenvalue weighted by Crippen LogP contribution is -2.29. The van der Waals surface area contributed by atoms with E-state index in [0.717, 1.165) is 6.54 Å². The number of ketones is 1. The van der Waals surface area contributed by atoms with E-state index in [4.69, 9.17) is 0 Å². The van der Waals surface area contributed by atoms with Crippen molar-refractivity contribution in [2.45, 2.75) is 13.3 Å². The molecule has 0 bridgehead atoms. The van der Waals surface area contributed by atoms with Crippen LogP contribution in [0.4, 0.5) is 4.79 Å². The summed E-state index contributed by atoms with van der Waals surface area (Å²) in [6.45, 7) is 3.53. The van der Waals surface area contributed by atoms with Crippen molar-refractivity contribution in [2.24, 2.45) is 0 Å². The molecule has 1 aliphatic rings.